The van der Waals surface area contributed by atoms with E-state index in [-0.39, 0.29) is 0 Å². The van der Waals surface area contributed by atoms with Gasteiger partial charge in [-0.2, -0.15) is 0 Å². The molecule has 0 N–H and O–H groups in total. The molecule has 0 aliphatic carbocycles. The zero-order chi connectivity index (χ0) is 13.2. The van der Waals surface area contributed by atoms with Crippen LogP contribution in [-0.2, 0) is 0 Å². The summed E-state index contributed by atoms with van der Waals surface area (Å²) in [7, 11) is 0. The van der Waals surface area contributed by atoms with Crippen molar-refractivity contribution in [2.45, 2.75) is 34.1 Å². The minimum Gasteiger partial charge on any atom is -0.245 e. The van der Waals surface area contributed by atoms with Gasteiger partial charge in [0.1, 0.15) is 12.7 Å². The summed E-state index contributed by atoms with van der Waals surface area (Å²) >= 11 is 0. The molecule has 0 aromatic carbocycles. The van der Waals surface area contributed by atoms with Gasteiger partial charge in [-0.25, -0.2) is 19.9 Å². The van der Waals surface area contributed by atoms with Crippen LogP contribution in [-0.4, -0.2) is 19.9 Å². The van der Waals surface area contributed by atoms with Gasteiger partial charge < -0.3 is 0 Å². The monoisotopic (exact) mass is 234 g/mol. The minimum absolute atomic E-state index is 1.25. The zero-order valence-corrected chi connectivity index (χ0v) is 11.1. The number of nitrogens with zero attached hydrogens (tertiary/aromatic N) is 4. The summed E-state index contributed by atoms with van der Waals surface area (Å²) in [5.41, 5.74) is 0. The lowest BCUT2D eigenvalue weighted by atomic mass is 10.6. The fourth-order valence-electron chi connectivity index (χ4n) is 0.507. The molecular formula is C13H22N4. The summed E-state index contributed by atoms with van der Waals surface area (Å²) in [5.74, 6) is 0. The molecule has 0 aliphatic rings. The molecular weight excluding hydrogens is 212 g/mol. The molecule has 2 heterocycles. The molecule has 0 saturated carbocycles. The molecule has 0 radical (unpaired) electrons. The first-order valence-corrected chi connectivity index (χ1v) is 5.81. The minimum atomic E-state index is 1.25. The molecule has 4 heteroatoms. The molecule has 17 heavy (non-hydrogen) atoms. The van der Waals surface area contributed by atoms with Crippen molar-refractivity contribution in [2.24, 2.45) is 0 Å². The van der Waals surface area contributed by atoms with E-state index in [0.29, 0.717) is 0 Å². The van der Waals surface area contributed by atoms with Gasteiger partial charge in [-0.1, -0.05) is 34.1 Å². The number of hydrogen-bond acceptors (Lipinski definition) is 4. The van der Waals surface area contributed by atoms with E-state index in [1.54, 1.807) is 36.9 Å². The first-order valence-electron chi connectivity index (χ1n) is 5.81. The van der Waals surface area contributed by atoms with E-state index < -0.39 is 0 Å². The Kier molecular flexibility index (Phi) is 20.3. The van der Waals surface area contributed by atoms with Gasteiger partial charge in [0.2, 0.25) is 0 Å². The first-order chi connectivity index (χ1) is 8.41. The third kappa shape index (κ3) is 20.3. The van der Waals surface area contributed by atoms with Crippen LogP contribution in [0, 0.1) is 0 Å². The van der Waals surface area contributed by atoms with Crippen molar-refractivity contribution in [3.8, 4) is 0 Å². The smallest absolute Gasteiger partial charge is 0.115 e. The normalized spacial score (nSPS) is 7.06. The second-order valence-corrected chi connectivity index (χ2v) is 2.52. The Morgan fingerprint density at radius 2 is 0.882 bits per heavy atom. The van der Waals surface area contributed by atoms with E-state index in [9.17, 15) is 0 Å². The number of rotatable bonds is 0. The Bertz CT molecular complexity index is 202. The van der Waals surface area contributed by atoms with Crippen molar-refractivity contribution in [3.63, 3.8) is 0 Å². The molecule has 0 spiro atoms. The summed E-state index contributed by atoms with van der Waals surface area (Å²) in [5, 5.41) is 0. The highest BCUT2D eigenvalue weighted by Crippen LogP contribution is 1.67. The Labute approximate surface area is 104 Å². The van der Waals surface area contributed by atoms with Gasteiger partial charge in [-0.05, 0) is 12.1 Å². The van der Waals surface area contributed by atoms with Crippen molar-refractivity contribution in [3.05, 3.63) is 49.6 Å². The fraction of sp³-hybridized carbons (Fsp3) is 0.385. The second-order valence-electron chi connectivity index (χ2n) is 2.52. The maximum atomic E-state index is 3.67. The average Bonchev–Trinajstić information content (AvgIpc) is 2.46. The molecule has 2 aromatic rings. The Balaban J connectivity index is 0. The molecule has 0 fully saturated rings. The van der Waals surface area contributed by atoms with Crippen molar-refractivity contribution in [1.29, 1.82) is 0 Å². The van der Waals surface area contributed by atoms with E-state index in [2.05, 4.69) is 33.8 Å². The van der Waals surface area contributed by atoms with Crippen molar-refractivity contribution in [1.82, 2.24) is 19.9 Å². The maximum absolute atomic E-state index is 3.67. The van der Waals surface area contributed by atoms with Gasteiger partial charge in [-0.15, -0.1) is 0 Å². The van der Waals surface area contributed by atoms with Crippen LogP contribution in [0.3, 0.4) is 0 Å². The maximum Gasteiger partial charge on any atom is 0.115 e. The van der Waals surface area contributed by atoms with Gasteiger partial charge >= 0.3 is 0 Å². The van der Waals surface area contributed by atoms with Crippen LogP contribution in [0.4, 0.5) is 0 Å². The largest absolute Gasteiger partial charge is 0.245 e. The zero-order valence-electron chi connectivity index (χ0n) is 11.1. The van der Waals surface area contributed by atoms with Crippen LogP contribution in [0.1, 0.15) is 34.1 Å². The van der Waals surface area contributed by atoms with Gasteiger partial charge in [0.05, 0.1) is 0 Å². The van der Waals surface area contributed by atoms with Crippen molar-refractivity contribution >= 4 is 0 Å². The van der Waals surface area contributed by atoms with Crippen molar-refractivity contribution < 1.29 is 0 Å². The van der Waals surface area contributed by atoms with Crippen LogP contribution in [0.5, 0.6) is 0 Å². The molecule has 4 nitrogen and oxygen atoms in total. The fourth-order valence-corrected chi connectivity index (χ4v) is 0.507. The van der Waals surface area contributed by atoms with E-state index in [0.717, 1.165) is 0 Å². The average molecular weight is 234 g/mol. The molecule has 0 unspecified atom stereocenters. The van der Waals surface area contributed by atoms with Crippen LogP contribution >= 0.6 is 0 Å². The molecule has 0 amide bonds. The highest BCUT2D eigenvalue weighted by Gasteiger charge is 1.59. The van der Waals surface area contributed by atoms with Gasteiger partial charge in [0.15, 0.2) is 0 Å². The molecule has 0 aliphatic heterocycles. The van der Waals surface area contributed by atoms with E-state index in [1.165, 1.54) is 19.1 Å². The summed E-state index contributed by atoms with van der Waals surface area (Å²) in [4.78, 5) is 14.7. The summed E-state index contributed by atoms with van der Waals surface area (Å²) < 4.78 is 0. The predicted octanol–water partition coefficient (Wildman–Crippen LogP) is 3.40. The molecule has 0 bridgehead atoms. The SMILES string of the molecule is CC.CCC.c1cncnc1.c1cncnc1. The number of hydrogen-bond donors (Lipinski definition) is 0. The van der Waals surface area contributed by atoms with Crippen LogP contribution in [0.2, 0.25) is 0 Å². The Morgan fingerprint density at radius 3 is 0.941 bits per heavy atom. The second kappa shape index (κ2) is 19.7. The molecule has 0 atom stereocenters. The van der Waals surface area contributed by atoms with Crippen molar-refractivity contribution in [2.75, 3.05) is 0 Å². The van der Waals surface area contributed by atoms with Crippen LogP contribution in [0.15, 0.2) is 49.6 Å². The van der Waals surface area contributed by atoms with E-state index >= 15 is 0 Å². The predicted molar refractivity (Wildman–Crippen MR) is 71.4 cm³/mol. The Hall–Kier alpha value is -1.84. The lowest BCUT2D eigenvalue weighted by molar-refractivity contribution is 1.09. The Morgan fingerprint density at radius 1 is 0.647 bits per heavy atom. The highest BCUT2D eigenvalue weighted by molar-refractivity contribution is 4.74. The summed E-state index contributed by atoms with van der Waals surface area (Å²) in [6.07, 6.45) is 11.0. The third-order valence-corrected chi connectivity index (χ3v) is 0.955. The lowest BCUT2D eigenvalue weighted by Gasteiger charge is -1.70. The molecule has 2 aromatic heterocycles. The first kappa shape index (κ1) is 17.6. The summed E-state index contributed by atoms with van der Waals surface area (Å²) in [6, 6.07) is 3.56. The lowest BCUT2D eigenvalue weighted by Crippen LogP contribution is -1.66. The molecule has 2 rings (SSSR count). The summed E-state index contributed by atoms with van der Waals surface area (Å²) in [6.45, 7) is 8.25. The molecule has 94 valence electrons. The van der Waals surface area contributed by atoms with E-state index in [1.807, 2.05) is 13.8 Å². The quantitative estimate of drug-likeness (QED) is 0.701. The third-order valence-electron chi connectivity index (χ3n) is 0.955. The van der Waals surface area contributed by atoms with Gasteiger partial charge in [0.25, 0.3) is 0 Å². The van der Waals surface area contributed by atoms with Crippen LogP contribution < -0.4 is 0 Å². The van der Waals surface area contributed by atoms with Gasteiger partial charge in [0, 0.05) is 24.8 Å². The highest BCUT2D eigenvalue weighted by atomic mass is 14.8. The topological polar surface area (TPSA) is 51.6 Å². The van der Waals surface area contributed by atoms with Crippen LogP contribution in [0.25, 0.3) is 0 Å². The van der Waals surface area contributed by atoms with E-state index in [4.69, 9.17) is 0 Å². The van der Waals surface area contributed by atoms with Gasteiger partial charge in [-0.3, -0.25) is 0 Å². The number of aromatic nitrogens is 4. The molecule has 0 saturated heterocycles. The standard InChI is InChI=1S/2C4H4N2.C3H8.C2H6/c2*1-2-5-4-6-3-1;1-3-2;1-2/h2*1-4H;3H2,1-2H3;1-2H3.